The van der Waals surface area contributed by atoms with Gasteiger partial charge in [-0.1, -0.05) is 58.1 Å². The second-order valence-electron chi connectivity index (χ2n) is 10.4. The van der Waals surface area contributed by atoms with Crippen molar-refractivity contribution in [1.29, 1.82) is 0 Å². The Labute approximate surface area is 172 Å². The number of phenolic OH excluding ortho intramolecular Hbond substituents is 1. The minimum absolute atomic E-state index is 0.0455. The van der Waals surface area contributed by atoms with E-state index >= 15 is 0 Å². The standard InChI is InChI=1S/C26H40O2/c1-7-8-9-10-14-25(3,4)19-16-22(27)24-20-15-18(2)12-11-13-21(20)26(5,6)28-23(24)17-19/h12,16-17,20-21,27H,7-11,13-15H2,1-6H3/t20-,21-/m1/s1. The summed E-state index contributed by atoms with van der Waals surface area (Å²) in [5.74, 6) is 2.14. The number of unbranched alkanes of at least 4 members (excludes halogenated alkanes) is 3. The first-order valence-electron chi connectivity index (χ1n) is 11.4. The molecule has 0 bridgehead atoms. The summed E-state index contributed by atoms with van der Waals surface area (Å²) in [4.78, 5) is 0. The smallest absolute Gasteiger partial charge is 0.127 e. The van der Waals surface area contributed by atoms with E-state index in [1.165, 1.54) is 36.8 Å². The van der Waals surface area contributed by atoms with Gasteiger partial charge in [0, 0.05) is 17.4 Å². The van der Waals surface area contributed by atoms with Crippen LogP contribution in [0.15, 0.2) is 23.8 Å². The monoisotopic (exact) mass is 384 g/mol. The average molecular weight is 385 g/mol. The van der Waals surface area contributed by atoms with Crippen LogP contribution in [0.25, 0.3) is 0 Å². The van der Waals surface area contributed by atoms with E-state index in [1.807, 2.05) is 6.07 Å². The number of aromatic hydroxyl groups is 1. The predicted octanol–water partition coefficient (Wildman–Crippen LogP) is 7.64. The lowest BCUT2D eigenvalue weighted by molar-refractivity contribution is 0.00630. The molecule has 0 fully saturated rings. The molecule has 2 nitrogen and oxygen atoms in total. The van der Waals surface area contributed by atoms with Crippen molar-refractivity contribution in [2.45, 2.75) is 110 Å². The molecule has 0 unspecified atom stereocenters. The summed E-state index contributed by atoms with van der Waals surface area (Å²) in [6, 6.07) is 4.26. The van der Waals surface area contributed by atoms with Gasteiger partial charge in [-0.2, -0.15) is 0 Å². The highest BCUT2D eigenvalue weighted by atomic mass is 16.5. The lowest BCUT2D eigenvalue weighted by Gasteiger charge is -2.45. The highest BCUT2D eigenvalue weighted by Crippen LogP contribution is 2.54. The van der Waals surface area contributed by atoms with E-state index in [2.05, 4.69) is 53.7 Å². The van der Waals surface area contributed by atoms with E-state index in [-0.39, 0.29) is 11.0 Å². The Balaban J connectivity index is 1.95. The van der Waals surface area contributed by atoms with Gasteiger partial charge in [-0.3, -0.25) is 0 Å². The van der Waals surface area contributed by atoms with Crippen molar-refractivity contribution in [3.05, 3.63) is 34.9 Å². The number of hydrogen-bond donors (Lipinski definition) is 1. The normalized spacial score (nSPS) is 23.9. The first-order valence-corrected chi connectivity index (χ1v) is 11.4. The third-order valence-corrected chi connectivity index (χ3v) is 7.19. The van der Waals surface area contributed by atoms with Gasteiger partial charge in [0.2, 0.25) is 0 Å². The van der Waals surface area contributed by atoms with Gasteiger partial charge in [0.25, 0.3) is 0 Å². The Bertz CT molecular complexity index is 726. The maximum Gasteiger partial charge on any atom is 0.127 e. The van der Waals surface area contributed by atoms with E-state index in [0.717, 1.165) is 37.0 Å². The molecule has 0 spiro atoms. The molecule has 1 heterocycles. The maximum absolute atomic E-state index is 11.1. The van der Waals surface area contributed by atoms with E-state index in [9.17, 15) is 5.11 Å². The highest BCUT2D eigenvalue weighted by molar-refractivity contribution is 5.53. The fourth-order valence-corrected chi connectivity index (χ4v) is 5.38. The van der Waals surface area contributed by atoms with E-state index in [1.54, 1.807) is 0 Å². The Morgan fingerprint density at radius 1 is 1.18 bits per heavy atom. The van der Waals surface area contributed by atoms with Gasteiger partial charge in [0.05, 0.1) is 0 Å². The Hall–Kier alpha value is -1.44. The van der Waals surface area contributed by atoms with Crippen LogP contribution in [0.5, 0.6) is 11.5 Å². The number of hydrogen-bond acceptors (Lipinski definition) is 2. The number of benzene rings is 1. The van der Waals surface area contributed by atoms with Crippen LogP contribution < -0.4 is 4.74 Å². The summed E-state index contributed by atoms with van der Waals surface area (Å²) in [7, 11) is 0. The third kappa shape index (κ3) is 4.26. The second kappa shape index (κ2) is 8.13. The van der Waals surface area contributed by atoms with Crippen molar-refractivity contribution >= 4 is 0 Å². The fourth-order valence-electron chi connectivity index (χ4n) is 5.38. The summed E-state index contributed by atoms with van der Waals surface area (Å²) in [5.41, 5.74) is 3.53. The summed E-state index contributed by atoms with van der Waals surface area (Å²) >= 11 is 0. The zero-order chi connectivity index (χ0) is 20.5. The van der Waals surface area contributed by atoms with Crippen LogP contribution in [-0.2, 0) is 5.41 Å². The molecule has 1 aromatic rings. The molecular formula is C26H40O2. The molecule has 1 aliphatic heterocycles. The molecule has 2 heteroatoms. The zero-order valence-electron chi connectivity index (χ0n) is 18.9. The van der Waals surface area contributed by atoms with Gasteiger partial charge in [-0.15, -0.1) is 0 Å². The van der Waals surface area contributed by atoms with Crippen LogP contribution in [0.2, 0.25) is 0 Å². The van der Waals surface area contributed by atoms with Gasteiger partial charge in [-0.05, 0) is 69.6 Å². The summed E-state index contributed by atoms with van der Waals surface area (Å²) < 4.78 is 6.56. The summed E-state index contributed by atoms with van der Waals surface area (Å²) in [6.45, 7) is 13.5. The second-order valence-corrected chi connectivity index (χ2v) is 10.4. The van der Waals surface area contributed by atoms with E-state index < -0.39 is 0 Å². The molecule has 0 amide bonds. The van der Waals surface area contributed by atoms with Gasteiger partial charge >= 0.3 is 0 Å². The molecule has 0 aromatic heterocycles. The molecule has 28 heavy (non-hydrogen) atoms. The van der Waals surface area contributed by atoms with E-state index in [4.69, 9.17) is 4.74 Å². The van der Waals surface area contributed by atoms with Crippen molar-refractivity contribution in [3.8, 4) is 11.5 Å². The first-order chi connectivity index (χ1) is 13.2. The molecule has 0 radical (unpaired) electrons. The molecule has 2 atom stereocenters. The van der Waals surface area contributed by atoms with Gasteiger partial charge in [-0.25, -0.2) is 0 Å². The minimum atomic E-state index is -0.202. The van der Waals surface area contributed by atoms with Crippen LogP contribution in [0.1, 0.15) is 110 Å². The molecular weight excluding hydrogens is 344 g/mol. The van der Waals surface area contributed by atoms with Crippen LogP contribution in [0, 0.1) is 5.92 Å². The minimum Gasteiger partial charge on any atom is -0.508 e. The fraction of sp³-hybridized carbons (Fsp3) is 0.692. The quantitative estimate of drug-likeness (QED) is 0.403. The number of allylic oxidation sites excluding steroid dienone is 2. The number of phenols is 1. The first kappa shape index (κ1) is 21.3. The molecule has 1 aromatic carbocycles. The zero-order valence-corrected chi connectivity index (χ0v) is 18.9. The molecule has 3 rings (SSSR count). The van der Waals surface area contributed by atoms with Crippen LogP contribution in [0.3, 0.4) is 0 Å². The molecule has 2 aliphatic rings. The van der Waals surface area contributed by atoms with Gasteiger partial charge < -0.3 is 9.84 Å². The average Bonchev–Trinajstić information content (AvgIpc) is 2.80. The van der Waals surface area contributed by atoms with Crippen molar-refractivity contribution < 1.29 is 9.84 Å². The molecule has 156 valence electrons. The van der Waals surface area contributed by atoms with Crippen LogP contribution >= 0.6 is 0 Å². The highest BCUT2D eigenvalue weighted by Gasteiger charge is 2.45. The molecule has 1 N–H and O–H groups in total. The SMILES string of the molecule is CCCCCCC(C)(C)c1cc(O)c2c(c1)OC(C)(C)[C@@H]1CCC=C(C)C[C@@H]21. The topological polar surface area (TPSA) is 29.5 Å². The third-order valence-electron chi connectivity index (χ3n) is 7.19. The molecule has 0 saturated carbocycles. The van der Waals surface area contributed by atoms with Crippen LogP contribution in [-0.4, -0.2) is 10.7 Å². The van der Waals surface area contributed by atoms with Gasteiger partial charge in [0.1, 0.15) is 17.1 Å². The van der Waals surface area contributed by atoms with Gasteiger partial charge in [0.15, 0.2) is 0 Å². The predicted molar refractivity (Wildman–Crippen MR) is 118 cm³/mol. The molecule has 0 saturated heterocycles. The number of fused-ring (bicyclic) bond motifs is 3. The Kier molecular flexibility index (Phi) is 6.17. The van der Waals surface area contributed by atoms with E-state index in [0.29, 0.717) is 17.6 Å². The summed E-state index contributed by atoms with van der Waals surface area (Å²) in [6.07, 6.45) is 11.9. The van der Waals surface area contributed by atoms with Crippen molar-refractivity contribution in [1.82, 2.24) is 0 Å². The Morgan fingerprint density at radius 3 is 2.64 bits per heavy atom. The largest absolute Gasteiger partial charge is 0.508 e. The van der Waals surface area contributed by atoms with Crippen molar-refractivity contribution in [2.24, 2.45) is 5.92 Å². The number of rotatable bonds is 6. The van der Waals surface area contributed by atoms with Crippen molar-refractivity contribution in [2.75, 3.05) is 0 Å². The van der Waals surface area contributed by atoms with Crippen LogP contribution in [0.4, 0.5) is 0 Å². The summed E-state index contributed by atoms with van der Waals surface area (Å²) in [5, 5.41) is 11.1. The van der Waals surface area contributed by atoms with Crippen molar-refractivity contribution in [3.63, 3.8) is 0 Å². The molecule has 1 aliphatic carbocycles. The Morgan fingerprint density at radius 2 is 1.93 bits per heavy atom. The maximum atomic E-state index is 11.1. The lowest BCUT2D eigenvalue weighted by Crippen LogP contribution is -2.44. The number of ether oxygens (including phenoxy) is 1. The lowest BCUT2D eigenvalue weighted by atomic mass is 9.69.